The minimum Gasteiger partial charge on any atom is -0.481 e. The number of halogens is 1. The van der Waals surface area contributed by atoms with E-state index in [1.54, 1.807) is 6.07 Å². The molecule has 3 aromatic carbocycles. The number of hydrogen-bond donors (Lipinski definition) is 4. The Kier molecular flexibility index (Phi) is 7.13. The van der Waals surface area contributed by atoms with Crippen molar-refractivity contribution in [2.75, 3.05) is 23.7 Å². The van der Waals surface area contributed by atoms with Crippen molar-refractivity contribution < 1.29 is 9.90 Å². The molecule has 3 aromatic rings. The fourth-order valence-electron chi connectivity index (χ4n) is 4.21. The molecule has 0 aromatic heterocycles. The molecule has 0 aliphatic carbocycles. The molecule has 0 saturated carbocycles. The largest absolute Gasteiger partial charge is 0.481 e. The summed E-state index contributed by atoms with van der Waals surface area (Å²) < 4.78 is 0. The first-order valence-electron chi connectivity index (χ1n) is 10.9. The Morgan fingerprint density at radius 2 is 2.00 bits per heavy atom. The number of hydrogen-bond acceptors (Lipinski definition) is 5. The number of fused-ring (bicyclic) bond motifs is 1. The Balaban J connectivity index is 1.50. The van der Waals surface area contributed by atoms with Crippen LogP contribution in [0.15, 0.2) is 66.7 Å². The average Bonchev–Trinajstić information content (AvgIpc) is 2.83. The third-order valence-electron chi connectivity index (χ3n) is 5.82. The van der Waals surface area contributed by atoms with E-state index in [9.17, 15) is 10.1 Å². The predicted octanol–water partition coefficient (Wildman–Crippen LogP) is 4.62. The van der Waals surface area contributed by atoms with Gasteiger partial charge < -0.3 is 21.1 Å². The van der Waals surface area contributed by atoms with Gasteiger partial charge in [-0.2, -0.15) is 5.26 Å². The van der Waals surface area contributed by atoms with Crippen LogP contribution in [0.5, 0.6) is 0 Å². The topological polar surface area (TPSA) is 97.2 Å². The van der Waals surface area contributed by atoms with Crippen molar-refractivity contribution in [1.82, 2.24) is 5.32 Å². The molecule has 0 saturated heterocycles. The maximum absolute atomic E-state index is 11.1. The molecular formula is C26H25ClN4O2. The normalized spacial score (nSPS) is 15.5. The molecule has 0 unspecified atom stereocenters. The number of benzene rings is 3. The van der Waals surface area contributed by atoms with Gasteiger partial charge in [0.2, 0.25) is 0 Å². The number of carboxylic acid groups (broad SMARTS) is 1. The monoisotopic (exact) mass is 460 g/mol. The fraction of sp³-hybridized carbons (Fsp3) is 0.231. The average molecular weight is 461 g/mol. The zero-order chi connectivity index (χ0) is 23.2. The molecule has 1 heterocycles. The summed E-state index contributed by atoms with van der Waals surface area (Å²) >= 11 is 6.16. The summed E-state index contributed by atoms with van der Waals surface area (Å²) in [4.78, 5) is 11.1. The van der Waals surface area contributed by atoms with E-state index in [-0.39, 0.29) is 18.5 Å². The van der Waals surface area contributed by atoms with Gasteiger partial charge in [0.15, 0.2) is 0 Å². The number of nitrogens with one attached hydrogen (secondary N) is 3. The van der Waals surface area contributed by atoms with Gasteiger partial charge in [-0.15, -0.1) is 0 Å². The van der Waals surface area contributed by atoms with Crippen molar-refractivity contribution in [1.29, 1.82) is 5.26 Å². The summed E-state index contributed by atoms with van der Waals surface area (Å²) in [6, 6.07) is 23.8. The molecule has 7 heteroatoms. The molecule has 0 bridgehead atoms. The highest BCUT2D eigenvalue weighted by Gasteiger charge is 2.27. The number of para-hydroxylation sites is 1. The van der Waals surface area contributed by atoms with Crippen LogP contribution in [0.3, 0.4) is 0 Å². The molecule has 0 radical (unpaired) electrons. The molecule has 0 spiro atoms. The van der Waals surface area contributed by atoms with Gasteiger partial charge in [-0.05, 0) is 47.9 Å². The highest BCUT2D eigenvalue weighted by atomic mass is 35.5. The molecule has 1 aliphatic heterocycles. The smallest absolute Gasteiger partial charge is 0.307 e. The summed E-state index contributed by atoms with van der Waals surface area (Å²) in [5.41, 5.74) is 5.18. The maximum atomic E-state index is 11.1. The van der Waals surface area contributed by atoms with Crippen LogP contribution in [0.4, 0.5) is 11.4 Å². The van der Waals surface area contributed by atoms with Gasteiger partial charge in [-0.25, -0.2) is 0 Å². The van der Waals surface area contributed by atoms with Gasteiger partial charge in [0.25, 0.3) is 0 Å². The van der Waals surface area contributed by atoms with Gasteiger partial charge in [0.1, 0.15) is 6.07 Å². The SMILES string of the molecule is N#Cc1cccc2c1N[C@@H]([C@H](NCCc1ccc(Cl)c(CC(=O)O)c1)c1ccccc1)CN2. The number of carboxylic acids is 1. The van der Waals surface area contributed by atoms with E-state index in [1.165, 1.54) is 0 Å². The number of anilines is 2. The van der Waals surface area contributed by atoms with Crippen LogP contribution in [-0.4, -0.2) is 30.2 Å². The Morgan fingerprint density at radius 3 is 2.76 bits per heavy atom. The highest BCUT2D eigenvalue weighted by molar-refractivity contribution is 6.31. The van der Waals surface area contributed by atoms with Crippen LogP contribution in [0.25, 0.3) is 0 Å². The molecule has 6 nitrogen and oxygen atoms in total. The van der Waals surface area contributed by atoms with Crippen molar-refractivity contribution in [3.8, 4) is 6.07 Å². The van der Waals surface area contributed by atoms with E-state index in [0.29, 0.717) is 29.2 Å². The van der Waals surface area contributed by atoms with Crippen LogP contribution < -0.4 is 16.0 Å². The third-order valence-corrected chi connectivity index (χ3v) is 6.19. The highest BCUT2D eigenvalue weighted by Crippen LogP contribution is 2.33. The maximum Gasteiger partial charge on any atom is 0.307 e. The summed E-state index contributed by atoms with van der Waals surface area (Å²) in [5, 5.41) is 29.8. The third kappa shape index (κ3) is 5.46. The van der Waals surface area contributed by atoms with Crippen molar-refractivity contribution in [3.05, 3.63) is 94.0 Å². The lowest BCUT2D eigenvalue weighted by Gasteiger charge is -2.35. The predicted molar refractivity (Wildman–Crippen MR) is 131 cm³/mol. The second kappa shape index (κ2) is 10.4. The molecule has 33 heavy (non-hydrogen) atoms. The first kappa shape index (κ1) is 22.7. The molecule has 2 atom stereocenters. The fourth-order valence-corrected chi connectivity index (χ4v) is 4.40. The molecule has 1 aliphatic rings. The summed E-state index contributed by atoms with van der Waals surface area (Å²) in [6.45, 7) is 1.40. The van der Waals surface area contributed by atoms with Gasteiger partial charge >= 0.3 is 5.97 Å². The zero-order valence-electron chi connectivity index (χ0n) is 18.0. The van der Waals surface area contributed by atoms with Gasteiger partial charge in [0.05, 0.1) is 35.4 Å². The van der Waals surface area contributed by atoms with Crippen LogP contribution >= 0.6 is 11.6 Å². The lowest BCUT2D eigenvalue weighted by molar-refractivity contribution is -0.136. The van der Waals surface area contributed by atoms with E-state index >= 15 is 0 Å². The van der Waals surface area contributed by atoms with Crippen molar-refractivity contribution in [3.63, 3.8) is 0 Å². The lowest BCUT2D eigenvalue weighted by Crippen LogP contribution is -2.44. The summed E-state index contributed by atoms with van der Waals surface area (Å²) in [6.07, 6.45) is 0.637. The molecule has 4 N–H and O–H groups in total. The first-order valence-corrected chi connectivity index (χ1v) is 11.2. The number of nitrogens with zero attached hydrogens (tertiary/aromatic N) is 1. The van der Waals surface area contributed by atoms with Gasteiger partial charge in [-0.1, -0.05) is 60.1 Å². The van der Waals surface area contributed by atoms with Crippen LogP contribution in [-0.2, 0) is 17.6 Å². The second-order valence-electron chi connectivity index (χ2n) is 8.06. The second-order valence-corrected chi connectivity index (χ2v) is 8.47. The van der Waals surface area contributed by atoms with Crippen molar-refractivity contribution in [2.24, 2.45) is 0 Å². The van der Waals surface area contributed by atoms with E-state index in [2.05, 4.69) is 34.2 Å². The van der Waals surface area contributed by atoms with Gasteiger partial charge in [-0.3, -0.25) is 4.79 Å². The van der Waals surface area contributed by atoms with Crippen LogP contribution in [0.2, 0.25) is 5.02 Å². The number of nitriles is 1. The molecule has 0 amide bonds. The van der Waals surface area contributed by atoms with Crippen molar-refractivity contribution >= 4 is 28.9 Å². The van der Waals surface area contributed by atoms with Gasteiger partial charge in [0, 0.05) is 11.6 Å². The quantitative estimate of drug-likeness (QED) is 0.391. The summed E-state index contributed by atoms with van der Waals surface area (Å²) in [7, 11) is 0. The van der Waals surface area contributed by atoms with Crippen LogP contribution in [0, 0.1) is 11.3 Å². The van der Waals surface area contributed by atoms with Crippen molar-refractivity contribution in [2.45, 2.75) is 24.9 Å². The molecule has 168 valence electrons. The molecule has 4 rings (SSSR count). The van der Waals surface area contributed by atoms with E-state index in [0.717, 1.165) is 28.9 Å². The molecule has 0 fully saturated rings. The lowest BCUT2D eigenvalue weighted by atomic mass is 9.95. The van der Waals surface area contributed by atoms with E-state index in [4.69, 9.17) is 16.7 Å². The zero-order valence-corrected chi connectivity index (χ0v) is 18.8. The van der Waals surface area contributed by atoms with Crippen LogP contribution in [0.1, 0.15) is 28.3 Å². The number of carbonyl (C=O) groups is 1. The van der Waals surface area contributed by atoms with E-state index in [1.807, 2.05) is 48.5 Å². The summed E-state index contributed by atoms with van der Waals surface area (Å²) in [5.74, 6) is -0.899. The minimum absolute atomic E-state index is 0.00406. The standard InChI is InChI=1S/C26H25ClN4O2/c27-21-10-9-17(13-20(21)14-24(32)33)11-12-29-25(18-5-2-1-3-6-18)23-16-30-22-8-4-7-19(15-28)26(22)31-23/h1-10,13,23,25,29-31H,11-12,14,16H2,(H,32,33)/t23-,25-/m1/s1. The Morgan fingerprint density at radius 1 is 1.18 bits per heavy atom. The molecular weight excluding hydrogens is 436 g/mol. The van der Waals surface area contributed by atoms with E-state index < -0.39 is 5.97 Å². The Hall–Kier alpha value is -3.53. The number of aliphatic carboxylic acids is 1. The Bertz CT molecular complexity index is 1180. The number of rotatable bonds is 8. The Labute approximate surface area is 198 Å². The minimum atomic E-state index is -0.899. The first-order chi connectivity index (χ1) is 16.0.